The van der Waals surface area contributed by atoms with Gasteiger partial charge in [0.1, 0.15) is 0 Å². The van der Waals surface area contributed by atoms with Crippen LogP contribution in [0.5, 0.6) is 0 Å². The van der Waals surface area contributed by atoms with E-state index in [2.05, 4.69) is 40.7 Å². The number of thiophene rings is 1. The quantitative estimate of drug-likeness (QED) is 0.630. The molecule has 2 N–H and O–H groups in total. The van der Waals surface area contributed by atoms with Crippen LogP contribution in [-0.4, -0.2) is 10.8 Å². The number of benzene rings is 1. The molecule has 0 saturated carbocycles. The van der Waals surface area contributed by atoms with E-state index in [1.165, 1.54) is 28.3 Å². The zero-order chi connectivity index (χ0) is 15.8. The fourth-order valence-corrected chi connectivity index (χ4v) is 3.17. The Morgan fingerprint density at radius 2 is 1.86 bits per heavy atom. The van der Waals surface area contributed by atoms with E-state index in [4.69, 9.17) is 5.73 Å². The minimum absolute atomic E-state index is 0.0340. The molecule has 0 aliphatic heterocycles. The Morgan fingerprint density at radius 3 is 2.33 bits per heavy atom. The molecule has 3 aromatic rings. The van der Waals surface area contributed by atoms with Crippen LogP contribution >= 0.6 is 22.7 Å². The Kier molecular flexibility index (Phi) is 7.05. The van der Waals surface area contributed by atoms with Crippen LogP contribution in [0.4, 0.5) is 5.13 Å². The Balaban J connectivity index is 0.000000188. The molecule has 0 fully saturated rings. The van der Waals surface area contributed by atoms with Gasteiger partial charge in [-0.25, -0.2) is 4.98 Å². The van der Waals surface area contributed by atoms with Crippen molar-refractivity contribution in [2.45, 2.75) is 27.7 Å². The van der Waals surface area contributed by atoms with Gasteiger partial charge in [0.05, 0.1) is 10.6 Å². The smallest absolute Gasteiger partial charge is 0.180 e. The molecule has 2 aromatic heterocycles. The lowest BCUT2D eigenvalue weighted by molar-refractivity contribution is 0.102. The number of ketones is 1. The van der Waals surface area contributed by atoms with Gasteiger partial charge in [-0.3, -0.25) is 4.79 Å². The molecule has 0 radical (unpaired) electrons. The summed E-state index contributed by atoms with van der Waals surface area (Å²) in [6.07, 6.45) is 0. The van der Waals surface area contributed by atoms with Gasteiger partial charge >= 0.3 is 0 Å². The van der Waals surface area contributed by atoms with Gasteiger partial charge in [0, 0.05) is 11.6 Å². The number of thiazole rings is 1. The number of carbonyl (C=O) groups excluding carboxylic acids is 1. The molecule has 2 heterocycles. The van der Waals surface area contributed by atoms with Crippen molar-refractivity contribution in [3.8, 4) is 0 Å². The number of rotatable bonds is 1. The van der Waals surface area contributed by atoms with E-state index in [9.17, 15) is 4.79 Å². The number of nitrogen functional groups attached to an aromatic ring is 1. The summed E-state index contributed by atoms with van der Waals surface area (Å²) >= 11 is 3.03. The second kappa shape index (κ2) is 8.54. The molecule has 0 saturated heterocycles. The molecule has 0 spiro atoms. The van der Waals surface area contributed by atoms with Crippen LogP contribution in [0.25, 0.3) is 10.1 Å². The maximum Gasteiger partial charge on any atom is 0.180 e. The van der Waals surface area contributed by atoms with Crippen molar-refractivity contribution >= 4 is 43.7 Å². The van der Waals surface area contributed by atoms with E-state index in [1.54, 1.807) is 18.3 Å². The van der Waals surface area contributed by atoms with E-state index in [-0.39, 0.29) is 5.78 Å². The number of aryl methyl sites for hydroxylation is 1. The summed E-state index contributed by atoms with van der Waals surface area (Å²) in [5, 5.41) is 3.93. The van der Waals surface area contributed by atoms with Gasteiger partial charge in [0.15, 0.2) is 10.9 Å². The van der Waals surface area contributed by atoms with Crippen LogP contribution in [0.2, 0.25) is 0 Å². The van der Waals surface area contributed by atoms with Gasteiger partial charge in [0.25, 0.3) is 0 Å². The highest BCUT2D eigenvalue weighted by Gasteiger charge is 2.08. The molecule has 3 rings (SSSR count). The maximum absolute atomic E-state index is 10.8. The number of anilines is 1. The first-order valence-corrected chi connectivity index (χ1v) is 8.43. The molecule has 0 amide bonds. The number of hydrogen-bond acceptors (Lipinski definition) is 5. The Bertz CT molecular complexity index is 671. The molecule has 21 heavy (non-hydrogen) atoms. The van der Waals surface area contributed by atoms with Crippen molar-refractivity contribution in [1.82, 2.24) is 4.98 Å². The van der Waals surface area contributed by atoms with E-state index < -0.39 is 0 Å². The molecule has 0 atom stereocenters. The molecule has 0 aliphatic carbocycles. The standard InChI is InChI=1S/C8H6S.C6H8N2OS.C2H6/c1-2-4-8-7(3-1)5-6-9-8;1-3-5(4(2)9)10-6(7)8-3;1-2/h1-6H;1-2H3,(H2,7,8);1-2H3. The SMILES string of the molecule is CC.CC(=O)c1sc(N)nc1C.c1ccc2sccc2c1. The third kappa shape index (κ3) is 4.95. The molecule has 3 nitrogen and oxygen atoms in total. The molecular formula is C16H20N2OS2. The van der Waals surface area contributed by atoms with Crippen molar-refractivity contribution in [2.75, 3.05) is 5.73 Å². The Morgan fingerprint density at radius 1 is 1.19 bits per heavy atom. The lowest BCUT2D eigenvalue weighted by Crippen LogP contribution is -1.89. The monoisotopic (exact) mass is 320 g/mol. The van der Waals surface area contributed by atoms with Crippen molar-refractivity contribution in [2.24, 2.45) is 0 Å². The van der Waals surface area contributed by atoms with Gasteiger partial charge in [-0.15, -0.1) is 11.3 Å². The first-order chi connectivity index (χ1) is 10.1. The van der Waals surface area contributed by atoms with E-state index in [0.717, 1.165) is 5.69 Å². The minimum atomic E-state index is 0.0340. The third-order valence-corrected chi connectivity index (χ3v) is 4.48. The molecule has 5 heteroatoms. The zero-order valence-corrected chi connectivity index (χ0v) is 14.3. The predicted molar refractivity (Wildman–Crippen MR) is 94.4 cm³/mol. The van der Waals surface area contributed by atoms with Crippen LogP contribution in [0, 0.1) is 6.92 Å². The summed E-state index contributed by atoms with van der Waals surface area (Å²) in [5.41, 5.74) is 6.10. The summed E-state index contributed by atoms with van der Waals surface area (Å²) in [5.74, 6) is 0.0340. The van der Waals surface area contributed by atoms with E-state index in [0.29, 0.717) is 10.0 Å². The number of Topliss-reactive ketones (excluding diaryl/α,β-unsaturated/α-hetero) is 1. The number of nitrogens with two attached hydrogens (primary N) is 1. The fourth-order valence-electron chi connectivity index (χ4n) is 1.65. The summed E-state index contributed by atoms with van der Waals surface area (Å²) in [6.45, 7) is 7.30. The van der Waals surface area contributed by atoms with Gasteiger partial charge in [-0.1, -0.05) is 43.4 Å². The molecular weight excluding hydrogens is 300 g/mol. The average Bonchev–Trinajstić information content (AvgIpc) is 3.07. The largest absolute Gasteiger partial charge is 0.375 e. The van der Waals surface area contributed by atoms with Crippen LogP contribution in [0.1, 0.15) is 36.1 Å². The highest BCUT2D eigenvalue weighted by atomic mass is 32.1. The second-order valence-electron chi connectivity index (χ2n) is 3.98. The van der Waals surface area contributed by atoms with Gasteiger partial charge in [0.2, 0.25) is 0 Å². The zero-order valence-electron chi connectivity index (χ0n) is 12.7. The second-order valence-corrected chi connectivity index (χ2v) is 5.96. The first-order valence-electron chi connectivity index (χ1n) is 6.74. The normalized spacial score (nSPS) is 9.33. The topological polar surface area (TPSA) is 56.0 Å². The minimum Gasteiger partial charge on any atom is -0.375 e. The fraction of sp³-hybridized carbons (Fsp3) is 0.250. The van der Waals surface area contributed by atoms with Gasteiger partial charge in [-0.2, -0.15) is 0 Å². The Labute approximate surface area is 133 Å². The highest BCUT2D eigenvalue weighted by Crippen LogP contribution is 2.19. The van der Waals surface area contributed by atoms with E-state index >= 15 is 0 Å². The average molecular weight is 320 g/mol. The summed E-state index contributed by atoms with van der Waals surface area (Å²) in [6, 6.07) is 10.5. The molecule has 1 aromatic carbocycles. The van der Waals surface area contributed by atoms with Crippen molar-refractivity contribution in [1.29, 1.82) is 0 Å². The Hall–Kier alpha value is -1.72. The summed E-state index contributed by atoms with van der Waals surface area (Å²) in [7, 11) is 0. The highest BCUT2D eigenvalue weighted by molar-refractivity contribution is 7.17. The number of carbonyl (C=O) groups is 1. The van der Waals surface area contributed by atoms with Crippen LogP contribution < -0.4 is 5.73 Å². The lowest BCUT2D eigenvalue weighted by atomic mass is 10.3. The lowest BCUT2D eigenvalue weighted by Gasteiger charge is -1.85. The van der Waals surface area contributed by atoms with Crippen LogP contribution in [-0.2, 0) is 0 Å². The van der Waals surface area contributed by atoms with Crippen molar-refractivity contribution in [3.63, 3.8) is 0 Å². The predicted octanol–water partition coefficient (Wildman–Crippen LogP) is 5.16. The van der Waals surface area contributed by atoms with Crippen LogP contribution in [0.3, 0.4) is 0 Å². The van der Waals surface area contributed by atoms with Gasteiger partial charge < -0.3 is 5.73 Å². The van der Waals surface area contributed by atoms with E-state index in [1.807, 2.05) is 13.8 Å². The first kappa shape index (κ1) is 17.3. The van der Waals surface area contributed by atoms with Crippen molar-refractivity contribution < 1.29 is 4.79 Å². The molecule has 0 unspecified atom stereocenters. The number of nitrogens with zero attached hydrogens (tertiary/aromatic N) is 1. The third-order valence-electron chi connectivity index (χ3n) is 2.49. The molecule has 112 valence electrons. The maximum atomic E-state index is 10.8. The summed E-state index contributed by atoms with van der Waals surface area (Å²) < 4.78 is 1.37. The molecule has 0 aliphatic rings. The van der Waals surface area contributed by atoms with Crippen molar-refractivity contribution in [3.05, 3.63) is 46.3 Å². The number of aromatic nitrogens is 1. The van der Waals surface area contributed by atoms with Crippen LogP contribution in [0.15, 0.2) is 35.7 Å². The number of fused-ring (bicyclic) bond motifs is 1. The number of hydrogen-bond donors (Lipinski definition) is 1. The van der Waals surface area contributed by atoms with Gasteiger partial charge in [-0.05, 0) is 29.8 Å². The molecule has 0 bridgehead atoms. The summed E-state index contributed by atoms with van der Waals surface area (Å²) in [4.78, 5) is 15.4.